The quantitative estimate of drug-likeness (QED) is 0.156. The smallest absolute Gasteiger partial charge is 0.339 e. The van der Waals surface area contributed by atoms with Crippen molar-refractivity contribution in [3.63, 3.8) is 0 Å². The Morgan fingerprint density at radius 1 is 0.833 bits per heavy atom. The largest absolute Gasteiger partial charge is 0.492 e. The number of halogens is 1. The van der Waals surface area contributed by atoms with Crippen LogP contribution in [0.15, 0.2) is 91.1 Å². The molecule has 0 unspecified atom stereocenters. The van der Waals surface area contributed by atoms with Crippen molar-refractivity contribution in [1.29, 1.82) is 0 Å². The number of H-pyrrole nitrogens is 1. The van der Waals surface area contributed by atoms with E-state index in [0.717, 1.165) is 105 Å². The van der Waals surface area contributed by atoms with Gasteiger partial charge in [0, 0.05) is 91.8 Å². The molecule has 5 aromatic rings. The molecule has 3 heterocycles. The fourth-order valence-corrected chi connectivity index (χ4v) is 6.62. The molecular weight excluding hydrogens is 628 g/mol. The van der Waals surface area contributed by atoms with Crippen molar-refractivity contribution in [1.82, 2.24) is 14.8 Å². The van der Waals surface area contributed by atoms with E-state index in [-0.39, 0.29) is 5.56 Å². The zero-order valence-corrected chi connectivity index (χ0v) is 27.5. The maximum absolute atomic E-state index is 12.1. The summed E-state index contributed by atoms with van der Waals surface area (Å²) in [6, 6.07) is 27.3. The van der Waals surface area contributed by atoms with Crippen LogP contribution in [0, 0.1) is 0 Å². The Bertz CT molecular complexity index is 1860. The lowest BCUT2D eigenvalue weighted by atomic mass is 9.98. The maximum atomic E-state index is 12.1. The lowest BCUT2D eigenvalue weighted by Gasteiger charge is -2.37. The number of ether oxygens (including phenoxy) is 3. The molecule has 0 amide bonds. The summed E-state index contributed by atoms with van der Waals surface area (Å²) in [6.45, 7) is 8.86. The summed E-state index contributed by atoms with van der Waals surface area (Å²) in [5.41, 5.74) is 5.40. The van der Waals surface area contributed by atoms with E-state index in [4.69, 9.17) is 25.8 Å². The van der Waals surface area contributed by atoms with Crippen LogP contribution in [0.5, 0.6) is 17.2 Å². The van der Waals surface area contributed by atoms with Crippen LogP contribution < -0.4 is 14.4 Å². The number of rotatable bonds is 11. The molecule has 248 valence electrons. The van der Waals surface area contributed by atoms with E-state index < -0.39 is 5.97 Å². The minimum Gasteiger partial charge on any atom is -0.492 e. The van der Waals surface area contributed by atoms with Gasteiger partial charge in [0.25, 0.3) is 0 Å². The molecule has 0 aliphatic carbocycles. The number of benzene rings is 4. The second-order valence-electron chi connectivity index (χ2n) is 12.1. The van der Waals surface area contributed by atoms with Gasteiger partial charge in [-0.25, -0.2) is 4.79 Å². The van der Waals surface area contributed by atoms with E-state index in [9.17, 15) is 9.90 Å². The van der Waals surface area contributed by atoms with Crippen molar-refractivity contribution in [2.75, 3.05) is 70.5 Å². The summed E-state index contributed by atoms with van der Waals surface area (Å²) in [5, 5.41) is 11.5. The monoisotopic (exact) mass is 666 g/mol. The van der Waals surface area contributed by atoms with Gasteiger partial charge in [-0.3, -0.25) is 9.80 Å². The Morgan fingerprint density at radius 3 is 2.40 bits per heavy atom. The highest BCUT2D eigenvalue weighted by Crippen LogP contribution is 2.36. The second kappa shape index (κ2) is 14.7. The van der Waals surface area contributed by atoms with Gasteiger partial charge in [-0.15, -0.1) is 0 Å². The number of piperazine rings is 1. The van der Waals surface area contributed by atoms with Crippen molar-refractivity contribution in [2.24, 2.45) is 0 Å². The highest BCUT2D eigenvalue weighted by molar-refractivity contribution is 6.30. The van der Waals surface area contributed by atoms with Crippen LogP contribution in [0.2, 0.25) is 5.02 Å². The molecule has 4 aromatic carbocycles. The molecule has 2 N–H and O–H groups in total. The molecule has 9 nitrogen and oxygen atoms in total. The van der Waals surface area contributed by atoms with E-state index in [0.29, 0.717) is 23.1 Å². The number of hydrogen-bond donors (Lipinski definition) is 2. The Balaban J connectivity index is 1.07. The zero-order valence-electron chi connectivity index (χ0n) is 26.7. The number of anilines is 1. The predicted octanol–water partition coefficient (Wildman–Crippen LogP) is 7.01. The molecule has 1 aromatic heterocycles. The van der Waals surface area contributed by atoms with Crippen LogP contribution >= 0.6 is 11.6 Å². The molecule has 0 radical (unpaired) electrons. The van der Waals surface area contributed by atoms with E-state index in [2.05, 4.69) is 50.0 Å². The molecule has 0 saturated carbocycles. The molecular formula is C38H39ClN4O5. The highest BCUT2D eigenvalue weighted by Gasteiger charge is 2.23. The Morgan fingerprint density at radius 2 is 1.60 bits per heavy atom. The van der Waals surface area contributed by atoms with Gasteiger partial charge >= 0.3 is 5.97 Å². The molecule has 2 saturated heterocycles. The third kappa shape index (κ3) is 7.29. The van der Waals surface area contributed by atoms with Crippen LogP contribution in [-0.2, 0) is 11.3 Å². The number of aromatic nitrogens is 1. The van der Waals surface area contributed by atoms with Crippen molar-refractivity contribution in [2.45, 2.75) is 6.54 Å². The molecule has 0 atom stereocenters. The minimum atomic E-state index is -1.02. The topological polar surface area (TPSA) is 90.5 Å². The SMILES string of the molecule is O=C(O)c1ccc(N2CCN(Cc3c(OCCN4CCOCC4)cccc3-c3ccc(Cl)cc3)CC2)cc1Oc1cccc2[nH]ccc12. The number of aromatic carboxylic acids is 1. The number of carbonyl (C=O) groups is 1. The van der Waals surface area contributed by atoms with Gasteiger partial charge in [0.2, 0.25) is 0 Å². The standard InChI is InChI=1S/C38H39ClN4O5/c39-28-9-7-27(8-10-28)30-3-1-5-35(47-24-21-41-19-22-46-23-20-41)33(30)26-42-15-17-43(18-16-42)29-11-12-32(38(44)45)37(25-29)48-36-6-2-4-34-31(36)13-14-40-34/h1-14,25,40H,15-24,26H2,(H,44,45). The first-order chi connectivity index (χ1) is 23.5. The Kier molecular flexibility index (Phi) is 9.81. The van der Waals surface area contributed by atoms with E-state index in [1.54, 1.807) is 6.07 Å². The van der Waals surface area contributed by atoms with Gasteiger partial charge in [-0.05, 0) is 59.7 Å². The summed E-state index contributed by atoms with van der Waals surface area (Å²) < 4.78 is 18.2. The Labute approximate surface area is 285 Å². The number of hydrogen-bond acceptors (Lipinski definition) is 7. The number of fused-ring (bicyclic) bond motifs is 1. The molecule has 7 rings (SSSR count). The normalized spacial score (nSPS) is 15.9. The van der Waals surface area contributed by atoms with Crippen molar-refractivity contribution < 1.29 is 24.1 Å². The lowest BCUT2D eigenvalue weighted by Crippen LogP contribution is -2.46. The van der Waals surface area contributed by atoms with Crippen LogP contribution in [0.3, 0.4) is 0 Å². The summed E-state index contributed by atoms with van der Waals surface area (Å²) in [6.07, 6.45) is 1.85. The van der Waals surface area contributed by atoms with Gasteiger partial charge in [0.05, 0.1) is 13.2 Å². The minimum absolute atomic E-state index is 0.130. The third-order valence-electron chi connectivity index (χ3n) is 9.15. The van der Waals surface area contributed by atoms with E-state index in [1.165, 1.54) is 0 Å². The zero-order chi connectivity index (χ0) is 32.9. The van der Waals surface area contributed by atoms with Gasteiger partial charge in [-0.2, -0.15) is 0 Å². The van der Waals surface area contributed by atoms with Crippen molar-refractivity contribution in [3.05, 3.63) is 107 Å². The number of carboxylic acid groups (broad SMARTS) is 1. The predicted molar refractivity (Wildman–Crippen MR) is 189 cm³/mol. The van der Waals surface area contributed by atoms with Crippen LogP contribution in [-0.4, -0.2) is 91.5 Å². The molecule has 0 bridgehead atoms. The molecule has 2 aliphatic heterocycles. The van der Waals surface area contributed by atoms with E-state index in [1.807, 2.05) is 54.7 Å². The molecule has 2 aliphatic rings. The fourth-order valence-electron chi connectivity index (χ4n) is 6.49. The molecule has 10 heteroatoms. The van der Waals surface area contributed by atoms with Gasteiger partial charge in [-0.1, -0.05) is 41.9 Å². The average Bonchev–Trinajstić information content (AvgIpc) is 3.60. The van der Waals surface area contributed by atoms with Gasteiger partial charge in [0.15, 0.2) is 0 Å². The maximum Gasteiger partial charge on any atom is 0.339 e. The number of nitrogens with zero attached hydrogens (tertiary/aromatic N) is 3. The molecule has 48 heavy (non-hydrogen) atoms. The summed E-state index contributed by atoms with van der Waals surface area (Å²) in [4.78, 5) is 22.4. The van der Waals surface area contributed by atoms with Crippen LogP contribution in [0.4, 0.5) is 5.69 Å². The van der Waals surface area contributed by atoms with Crippen molar-refractivity contribution >= 4 is 34.2 Å². The number of aromatic amines is 1. The lowest BCUT2D eigenvalue weighted by molar-refractivity contribution is 0.0321. The first-order valence-corrected chi connectivity index (χ1v) is 16.8. The van der Waals surface area contributed by atoms with Crippen LogP contribution in [0.25, 0.3) is 22.0 Å². The van der Waals surface area contributed by atoms with Gasteiger partial charge in [0.1, 0.15) is 29.4 Å². The molecule has 2 fully saturated rings. The Hall–Kier alpha value is -4.54. The average molecular weight is 667 g/mol. The first kappa shape index (κ1) is 32.0. The van der Waals surface area contributed by atoms with Crippen LogP contribution in [0.1, 0.15) is 15.9 Å². The van der Waals surface area contributed by atoms with Gasteiger partial charge < -0.3 is 29.2 Å². The second-order valence-corrected chi connectivity index (χ2v) is 12.6. The number of nitrogens with one attached hydrogen (secondary N) is 1. The fraction of sp³-hybridized carbons (Fsp3) is 0.289. The van der Waals surface area contributed by atoms with E-state index >= 15 is 0 Å². The first-order valence-electron chi connectivity index (χ1n) is 16.4. The highest BCUT2D eigenvalue weighted by atomic mass is 35.5. The number of carboxylic acids is 1. The summed E-state index contributed by atoms with van der Waals surface area (Å²) in [7, 11) is 0. The summed E-state index contributed by atoms with van der Waals surface area (Å²) >= 11 is 6.24. The summed E-state index contributed by atoms with van der Waals surface area (Å²) in [5.74, 6) is 0.819. The number of morpholine rings is 1. The molecule has 0 spiro atoms. The third-order valence-corrected chi connectivity index (χ3v) is 9.40. The van der Waals surface area contributed by atoms with Crippen molar-refractivity contribution in [3.8, 4) is 28.4 Å².